The second-order valence-corrected chi connectivity index (χ2v) is 4.60. The average Bonchev–Trinajstić information content (AvgIpc) is 2.70. The summed E-state index contributed by atoms with van der Waals surface area (Å²) in [6.45, 7) is 1.69. The quantitative estimate of drug-likeness (QED) is 0.677. The van der Waals surface area contributed by atoms with Crippen LogP contribution in [-0.2, 0) is 0 Å². The van der Waals surface area contributed by atoms with Crippen LogP contribution in [0.2, 0.25) is 0 Å². The second-order valence-electron chi connectivity index (χ2n) is 4.60. The van der Waals surface area contributed by atoms with Gasteiger partial charge in [-0.1, -0.05) is 0 Å². The zero-order valence-corrected chi connectivity index (χ0v) is 10.5. The van der Waals surface area contributed by atoms with E-state index in [1.807, 2.05) is 0 Å². The van der Waals surface area contributed by atoms with Crippen LogP contribution in [0.25, 0.3) is 0 Å². The Labute approximate surface area is 110 Å². The highest BCUT2D eigenvalue weighted by molar-refractivity contribution is 5.95. The van der Waals surface area contributed by atoms with E-state index in [4.69, 9.17) is 0 Å². The largest absolute Gasteiger partial charge is 0.388 e. The fourth-order valence-electron chi connectivity index (χ4n) is 1.93. The van der Waals surface area contributed by atoms with Crippen LogP contribution in [0.1, 0.15) is 17.3 Å². The summed E-state index contributed by atoms with van der Waals surface area (Å²) in [5.74, 6) is -0.0383. The summed E-state index contributed by atoms with van der Waals surface area (Å²) in [6.07, 6.45) is -1.79. The van der Waals surface area contributed by atoms with Crippen LogP contribution < -0.4 is 5.32 Å². The van der Waals surface area contributed by atoms with Crippen LogP contribution >= 0.6 is 0 Å². The number of Topliss-reactive ketones (excluding diaryl/α,β-unsaturated/α-hetero) is 1. The van der Waals surface area contributed by atoms with E-state index in [9.17, 15) is 19.8 Å². The van der Waals surface area contributed by atoms with Crippen LogP contribution in [0.4, 0.5) is 10.5 Å². The maximum Gasteiger partial charge on any atom is 0.322 e. The van der Waals surface area contributed by atoms with Crippen molar-refractivity contribution in [2.45, 2.75) is 19.1 Å². The van der Waals surface area contributed by atoms with Crippen LogP contribution in [0, 0.1) is 0 Å². The number of urea groups is 1. The van der Waals surface area contributed by atoms with E-state index in [1.165, 1.54) is 11.8 Å². The van der Waals surface area contributed by atoms with E-state index in [0.717, 1.165) is 0 Å². The number of aliphatic hydroxyl groups excluding tert-OH is 2. The molecule has 1 aliphatic rings. The molecule has 1 heterocycles. The van der Waals surface area contributed by atoms with E-state index < -0.39 is 12.2 Å². The minimum absolute atomic E-state index is 0.0383. The molecule has 0 aliphatic carbocycles. The standard InChI is InChI=1S/C13H16N2O4/c1-8(16)9-2-4-10(5-3-9)14-13(19)15-6-11(17)12(18)7-15/h2-5,11-12,17-18H,6-7H2,1H3,(H,14,19). The number of ketones is 1. The number of β-amino-alcohol motifs (C(OH)–C–C–N with tert-alkyl or cyclic N) is 2. The Morgan fingerprint density at radius 3 is 2.16 bits per heavy atom. The molecule has 2 unspecified atom stereocenters. The number of nitrogens with one attached hydrogen (secondary N) is 1. The van der Waals surface area contributed by atoms with Gasteiger partial charge in [0.25, 0.3) is 0 Å². The zero-order chi connectivity index (χ0) is 14.0. The van der Waals surface area contributed by atoms with Gasteiger partial charge < -0.3 is 20.4 Å². The SMILES string of the molecule is CC(=O)c1ccc(NC(=O)N2CC(O)C(O)C2)cc1. The first-order valence-electron chi connectivity index (χ1n) is 6.00. The molecule has 0 radical (unpaired) electrons. The van der Waals surface area contributed by atoms with Gasteiger partial charge in [-0.05, 0) is 31.2 Å². The summed E-state index contributed by atoms with van der Waals surface area (Å²) < 4.78 is 0. The number of carbonyl (C=O) groups is 2. The molecule has 1 aromatic carbocycles. The number of nitrogens with zero attached hydrogens (tertiary/aromatic N) is 1. The summed E-state index contributed by atoms with van der Waals surface area (Å²) >= 11 is 0. The van der Waals surface area contributed by atoms with E-state index in [-0.39, 0.29) is 24.9 Å². The highest BCUT2D eigenvalue weighted by Crippen LogP contribution is 2.14. The minimum Gasteiger partial charge on any atom is -0.388 e. The van der Waals surface area contributed by atoms with Gasteiger partial charge in [-0.15, -0.1) is 0 Å². The first-order valence-corrected chi connectivity index (χ1v) is 6.00. The first-order chi connectivity index (χ1) is 8.97. The van der Waals surface area contributed by atoms with Gasteiger partial charge in [-0.2, -0.15) is 0 Å². The Kier molecular flexibility index (Phi) is 3.82. The van der Waals surface area contributed by atoms with E-state index >= 15 is 0 Å². The van der Waals surface area contributed by atoms with Crippen LogP contribution in [-0.4, -0.2) is 52.2 Å². The van der Waals surface area contributed by atoms with Gasteiger partial charge in [0, 0.05) is 11.3 Å². The predicted octanol–water partition coefficient (Wildman–Crippen LogP) is 0.459. The Hall–Kier alpha value is -1.92. The molecular formula is C13H16N2O4. The molecule has 6 heteroatoms. The van der Waals surface area contributed by atoms with Crippen molar-refractivity contribution in [2.75, 3.05) is 18.4 Å². The molecule has 1 aromatic rings. The number of anilines is 1. The van der Waals surface area contributed by atoms with Crippen LogP contribution in [0.3, 0.4) is 0 Å². The summed E-state index contributed by atoms with van der Waals surface area (Å²) in [6, 6.07) is 6.15. The maximum absolute atomic E-state index is 11.9. The lowest BCUT2D eigenvalue weighted by Gasteiger charge is -2.16. The molecular weight excluding hydrogens is 248 g/mol. The minimum atomic E-state index is -0.897. The lowest BCUT2D eigenvalue weighted by molar-refractivity contribution is 0.0572. The lowest BCUT2D eigenvalue weighted by Crippen LogP contribution is -2.33. The topological polar surface area (TPSA) is 89.9 Å². The summed E-state index contributed by atoms with van der Waals surface area (Å²) in [5, 5.41) is 21.4. The predicted molar refractivity (Wildman–Crippen MR) is 69.1 cm³/mol. The molecule has 102 valence electrons. The normalized spacial score (nSPS) is 22.4. The van der Waals surface area contributed by atoms with E-state index in [1.54, 1.807) is 24.3 Å². The molecule has 1 aliphatic heterocycles. The highest BCUT2D eigenvalue weighted by atomic mass is 16.3. The Balaban J connectivity index is 1.97. The van der Waals surface area contributed by atoms with Gasteiger partial charge in [-0.3, -0.25) is 4.79 Å². The van der Waals surface area contributed by atoms with Crippen molar-refractivity contribution in [3.63, 3.8) is 0 Å². The average molecular weight is 264 g/mol. The van der Waals surface area contributed by atoms with E-state index in [2.05, 4.69) is 5.32 Å². The van der Waals surface area contributed by atoms with Gasteiger partial charge in [0.2, 0.25) is 0 Å². The third-order valence-electron chi connectivity index (χ3n) is 3.09. The molecule has 6 nitrogen and oxygen atoms in total. The third-order valence-corrected chi connectivity index (χ3v) is 3.09. The van der Waals surface area contributed by atoms with Crippen molar-refractivity contribution in [2.24, 2.45) is 0 Å². The molecule has 1 saturated heterocycles. The molecule has 1 fully saturated rings. The van der Waals surface area contributed by atoms with Crippen molar-refractivity contribution in [3.05, 3.63) is 29.8 Å². The van der Waals surface area contributed by atoms with Gasteiger partial charge in [0.15, 0.2) is 5.78 Å². The van der Waals surface area contributed by atoms with Gasteiger partial charge in [0.05, 0.1) is 25.3 Å². The first kappa shape index (κ1) is 13.5. The maximum atomic E-state index is 11.9. The molecule has 19 heavy (non-hydrogen) atoms. The molecule has 0 saturated carbocycles. The van der Waals surface area contributed by atoms with Crippen molar-refractivity contribution >= 4 is 17.5 Å². The molecule has 3 N–H and O–H groups in total. The fourth-order valence-corrected chi connectivity index (χ4v) is 1.93. The molecule has 0 aromatic heterocycles. The monoisotopic (exact) mass is 264 g/mol. The highest BCUT2D eigenvalue weighted by Gasteiger charge is 2.32. The van der Waals surface area contributed by atoms with Crippen LogP contribution in [0.5, 0.6) is 0 Å². The third kappa shape index (κ3) is 3.10. The fraction of sp³-hybridized carbons (Fsp3) is 0.385. The van der Waals surface area contributed by atoms with Gasteiger partial charge in [0.1, 0.15) is 0 Å². The summed E-state index contributed by atoms with van der Waals surface area (Å²) in [4.78, 5) is 24.3. The number of likely N-dealkylation sites (tertiary alicyclic amines) is 1. The van der Waals surface area contributed by atoms with Crippen molar-refractivity contribution in [1.29, 1.82) is 0 Å². The number of hydrogen-bond donors (Lipinski definition) is 3. The number of carbonyl (C=O) groups excluding carboxylic acids is 2. The zero-order valence-electron chi connectivity index (χ0n) is 10.5. The van der Waals surface area contributed by atoms with Crippen molar-refractivity contribution in [3.8, 4) is 0 Å². The van der Waals surface area contributed by atoms with E-state index in [0.29, 0.717) is 11.3 Å². The molecule has 2 rings (SSSR count). The van der Waals surface area contributed by atoms with Crippen LogP contribution in [0.15, 0.2) is 24.3 Å². The van der Waals surface area contributed by atoms with Gasteiger partial charge >= 0.3 is 6.03 Å². The number of amides is 2. The second kappa shape index (κ2) is 5.38. The molecule has 0 spiro atoms. The number of aliphatic hydroxyl groups is 2. The van der Waals surface area contributed by atoms with Gasteiger partial charge in [-0.25, -0.2) is 4.79 Å². The number of rotatable bonds is 2. The molecule has 2 amide bonds. The Bertz CT molecular complexity index is 476. The molecule has 2 atom stereocenters. The Morgan fingerprint density at radius 2 is 1.68 bits per heavy atom. The lowest BCUT2D eigenvalue weighted by atomic mass is 10.1. The van der Waals surface area contributed by atoms with Crippen molar-refractivity contribution in [1.82, 2.24) is 4.90 Å². The smallest absolute Gasteiger partial charge is 0.322 e. The number of benzene rings is 1. The summed E-state index contributed by atoms with van der Waals surface area (Å²) in [7, 11) is 0. The summed E-state index contributed by atoms with van der Waals surface area (Å²) in [5.41, 5.74) is 1.14. The van der Waals surface area contributed by atoms with Crippen molar-refractivity contribution < 1.29 is 19.8 Å². The Morgan fingerprint density at radius 1 is 1.16 bits per heavy atom. The number of hydrogen-bond acceptors (Lipinski definition) is 4. The molecule has 0 bridgehead atoms.